The molecule has 19 heavy (non-hydrogen) atoms. The first-order valence-corrected chi connectivity index (χ1v) is 7.77. The maximum atomic E-state index is 9.81. The highest BCUT2D eigenvalue weighted by molar-refractivity contribution is 4.99. The van der Waals surface area contributed by atoms with Crippen LogP contribution in [0.3, 0.4) is 0 Å². The molecule has 0 aromatic carbocycles. The highest BCUT2D eigenvalue weighted by Crippen LogP contribution is 2.21. The molecular weight excluding hydrogens is 236 g/mol. The van der Waals surface area contributed by atoms with Gasteiger partial charge in [-0.2, -0.15) is 0 Å². The molecule has 2 atom stereocenters. The van der Waals surface area contributed by atoms with Crippen molar-refractivity contribution in [2.45, 2.75) is 79.9 Å². The van der Waals surface area contributed by atoms with E-state index < -0.39 is 6.29 Å². The topological polar surface area (TPSA) is 29.5 Å². The third-order valence-corrected chi connectivity index (χ3v) is 3.86. The average molecular weight is 270 g/mol. The lowest BCUT2D eigenvalue weighted by molar-refractivity contribution is -0.125. The SMILES string of the molecule is CC/C(C)=C/[C@@H](C)CCC[C@H](O)OCC(C)(C)CC. The first-order valence-electron chi connectivity index (χ1n) is 7.77. The van der Waals surface area contributed by atoms with Gasteiger partial charge < -0.3 is 9.84 Å². The minimum absolute atomic E-state index is 0.162. The van der Waals surface area contributed by atoms with Crippen molar-refractivity contribution >= 4 is 0 Å². The summed E-state index contributed by atoms with van der Waals surface area (Å²) in [6.07, 6.45) is 6.81. The van der Waals surface area contributed by atoms with Gasteiger partial charge in [0.1, 0.15) is 0 Å². The molecule has 0 fully saturated rings. The Hall–Kier alpha value is -0.340. The molecule has 0 amide bonds. The summed E-state index contributed by atoms with van der Waals surface area (Å²) in [7, 11) is 0. The zero-order chi connectivity index (χ0) is 14.9. The fourth-order valence-corrected chi connectivity index (χ4v) is 1.81. The van der Waals surface area contributed by atoms with E-state index in [1.807, 2.05) is 0 Å². The number of hydrogen-bond donors (Lipinski definition) is 1. The Balaban J connectivity index is 3.77. The minimum atomic E-state index is -0.603. The fraction of sp³-hybridized carbons (Fsp3) is 0.882. The number of ether oxygens (including phenoxy) is 1. The number of hydrogen-bond acceptors (Lipinski definition) is 2. The summed E-state index contributed by atoms with van der Waals surface area (Å²) in [4.78, 5) is 0. The summed E-state index contributed by atoms with van der Waals surface area (Å²) in [6.45, 7) is 13.7. The van der Waals surface area contributed by atoms with Crippen LogP contribution in [0.5, 0.6) is 0 Å². The third-order valence-electron chi connectivity index (χ3n) is 3.86. The number of allylic oxidation sites excluding steroid dienone is 2. The lowest BCUT2D eigenvalue weighted by atomic mass is 9.92. The summed E-state index contributed by atoms with van der Waals surface area (Å²) in [6, 6.07) is 0. The van der Waals surface area contributed by atoms with E-state index in [0.717, 1.165) is 32.1 Å². The van der Waals surface area contributed by atoms with Gasteiger partial charge in [-0.1, -0.05) is 46.3 Å². The average Bonchev–Trinajstić information content (AvgIpc) is 2.36. The standard InChI is InChI=1S/C17H34O2/c1-7-14(3)12-15(4)10-9-11-16(18)19-13-17(5,6)8-2/h12,15-16,18H,7-11,13H2,1-6H3/b14-12+/t15-,16+/m0/s1. The highest BCUT2D eigenvalue weighted by Gasteiger charge is 2.17. The van der Waals surface area contributed by atoms with Crippen molar-refractivity contribution in [2.75, 3.05) is 6.61 Å². The summed E-state index contributed by atoms with van der Waals surface area (Å²) >= 11 is 0. The van der Waals surface area contributed by atoms with Crippen LogP contribution in [-0.4, -0.2) is 18.0 Å². The molecule has 0 aliphatic carbocycles. The molecule has 0 aromatic rings. The van der Waals surface area contributed by atoms with E-state index in [4.69, 9.17) is 4.74 Å². The Morgan fingerprint density at radius 1 is 1.26 bits per heavy atom. The van der Waals surface area contributed by atoms with Crippen molar-refractivity contribution in [3.8, 4) is 0 Å². The van der Waals surface area contributed by atoms with Gasteiger partial charge in [0.25, 0.3) is 0 Å². The molecule has 0 heterocycles. The lowest BCUT2D eigenvalue weighted by Crippen LogP contribution is -2.23. The molecule has 0 rings (SSSR count). The molecule has 0 unspecified atom stereocenters. The Bertz CT molecular complexity index is 256. The Morgan fingerprint density at radius 2 is 1.89 bits per heavy atom. The summed E-state index contributed by atoms with van der Waals surface area (Å²) in [5.41, 5.74) is 1.61. The van der Waals surface area contributed by atoms with Crippen LogP contribution in [0.1, 0.15) is 73.6 Å². The molecule has 0 radical (unpaired) electrons. The summed E-state index contributed by atoms with van der Waals surface area (Å²) in [5, 5.41) is 9.81. The normalized spacial score (nSPS) is 16.5. The van der Waals surface area contributed by atoms with E-state index in [2.05, 4.69) is 47.6 Å². The maximum absolute atomic E-state index is 9.81. The van der Waals surface area contributed by atoms with Crippen LogP contribution in [-0.2, 0) is 4.74 Å². The molecule has 0 saturated heterocycles. The van der Waals surface area contributed by atoms with Crippen LogP contribution < -0.4 is 0 Å². The Kier molecular flexibility index (Phi) is 9.38. The van der Waals surface area contributed by atoms with Gasteiger partial charge in [0, 0.05) is 0 Å². The smallest absolute Gasteiger partial charge is 0.154 e. The van der Waals surface area contributed by atoms with Gasteiger partial charge >= 0.3 is 0 Å². The Morgan fingerprint density at radius 3 is 2.42 bits per heavy atom. The first kappa shape index (κ1) is 18.7. The van der Waals surface area contributed by atoms with Crippen LogP contribution in [0.2, 0.25) is 0 Å². The molecule has 0 saturated carbocycles. The predicted octanol–water partition coefficient (Wildman–Crippen LogP) is 4.92. The quantitative estimate of drug-likeness (QED) is 0.451. The molecule has 2 heteroatoms. The lowest BCUT2D eigenvalue weighted by Gasteiger charge is -2.24. The summed E-state index contributed by atoms with van der Waals surface area (Å²) < 4.78 is 5.52. The van der Waals surface area contributed by atoms with Crippen molar-refractivity contribution < 1.29 is 9.84 Å². The second-order valence-corrected chi connectivity index (χ2v) is 6.56. The minimum Gasteiger partial charge on any atom is -0.368 e. The van der Waals surface area contributed by atoms with E-state index in [1.165, 1.54) is 5.57 Å². The third kappa shape index (κ3) is 10.1. The predicted molar refractivity (Wildman–Crippen MR) is 83.1 cm³/mol. The maximum Gasteiger partial charge on any atom is 0.154 e. The van der Waals surface area contributed by atoms with Crippen molar-refractivity contribution in [2.24, 2.45) is 11.3 Å². The molecule has 2 nitrogen and oxygen atoms in total. The van der Waals surface area contributed by atoms with E-state index in [0.29, 0.717) is 12.5 Å². The van der Waals surface area contributed by atoms with Crippen molar-refractivity contribution in [3.63, 3.8) is 0 Å². The van der Waals surface area contributed by atoms with Gasteiger partial charge in [0.05, 0.1) is 6.61 Å². The van der Waals surface area contributed by atoms with Gasteiger partial charge in [-0.15, -0.1) is 0 Å². The number of aliphatic hydroxyl groups excluding tert-OH is 1. The van der Waals surface area contributed by atoms with E-state index in [1.54, 1.807) is 0 Å². The van der Waals surface area contributed by atoms with Gasteiger partial charge in [-0.3, -0.25) is 0 Å². The molecule has 0 spiro atoms. The van der Waals surface area contributed by atoms with Crippen LogP contribution in [0.15, 0.2) is 11.6 Å². The van der Waals surface area contributed by atoms with Gasteiger partial charge in [0.15, 0.2) is 6.29 Å². The summed E-state index contributed by atoms with van der Waals surface area (Å²) in [5.74, 6) is 0.597. The monoisotopic (exact) mass is 270 g/mol. The second kappa shape index (κ2) is 9.55. The van der Waals surface area contributed by atoms with Crippen LogP contribution in [0, 0.1) is 11.3 Å². The molecule has 1 N–H and O–H groups in total. The molecule has 0 aliphatic heterocycles. The molecule has 0 bridgehead atoms. The molecule has 114 valence electrons. The largest absolute Gasteiger partial charge is 0.368 e. The fourth-order valence-electron chi connectivity index (χ4n) is 1.81. The number of rotatable bonds is 10. The van der Waals surface area contributed by atoms with Gasteiger partial charge in [-0.25, -0.2) is 0 Å². The van der Waals surface area contributed by atoms with Crippen molar-refractivity contribution in [3.05, 3.63) is 11.6 Å². The highest BCUT2D eigenvalue weighted by atomic mass is 16.6. The molecular formula is C17H34O2. The second-order valence-electron chi connectivity index (χ2n) is 6.56. The van der Waals surface area contributed by atoms with E-state index in [-0.39, 0.29) is 5.41 Å². The van der Waals surface area contributed by atoms with Crippen LogP contribution in [0.4, 0.5) is 0 Å². The molecule has 0 aliphatic rings. The zero-order valence-electron chi connectivity index (χ0n) is 13.8. The van der Waals surface area contributed by atoms with Crippen molar-refractivity contribution in [1.82, 2.24) is 0 Å². The van der Waals surface area contributed by atoms with Crippen molar-refractivity contribution in [1.29, 1.82) is 0 Å². The Labute approximate surface area is 120 Å². The van der Waals surface area contributed by atoms with Crippen LogP contribution in [0.25, 0.3) is 0 Å². The van der Waals surface area contributed by atoms with Crippen LogP contribution >= 0.6 is 0 Å². The van der Waals surface area contributed by atoms with E-state index >= 15 is 0 Å². The van der Waals surface area contributed by atoms with Gasteiger partial charge in [0.2, 0.25) is 0 Å². The number of aliphatic hydroxyl groups is 1. The van der Waals surface area contributed by atoms with Gasteiger partial charge in [-0.05, 0) is 50.4 Å². The molecule has 0 aromatic heterocycles. The van der Waals surface area contributed by atoms with E-state index in [9.17, 15) is 5.11 Å². The first-order chi connectivity index (χ1) is 8.80. The zero-order valence-corrected chi connectivity index (χ0v) is 13.8.